The van der Waals surface area contributed by atoms with E-state index in [-0.39, 0.29) is 19.0 Å². The van der Waals surface area contributed by atoms with Crippen molar-refractivity contribution in [1.29, 1.82) is 0 Å². The molecule has 0 aliphatic heterocycles. The van der Waals surface area contributed by atoms with Crippen LogP contribution < -0.4 is 4.72 Å². The Morgan fingerprint density at radius 3 is 2.39 bits per heavy atom. The fraction of sp³-hybridized carbons (Fsp3) is 0.909. The lowest BCUT2D eigenvalue weighted by Gasteiger charge is -2.28. The molecule has 0 aromatic carbocycles. The highest BCUT2D eigenvalue weighted by atomic mass is 32.2. The van der Waals surface area contributed by atoms with Gasteiger partial charge < -0.3 is 5.11 Å². The molecule has 1 fully saturated rings. The van der Waals surface area contributed by atoms with Crippen molar-refractivity contribution in [2.75, 3.05) is 13.6 Å². The van der Waals surface area contributed by atoms with E-state index in [0.717, 1.165) is 30.0 Å². The Bertz CT molecular complexity index is 375. The molecule has 18 heavy (non-hydrogen) atoms. The maximum absolute atomic E-state index is 11.9. The van der Waals surface area contributed by atoms with E-state index in [2.05, 4.69) is 11.6 Å². The number of nitrogens with one attached hydrogen (secondary N) is 1. The van der Waals surface area contributed by atoms with Gasteiger partial charge in [0.1, 0.15) is 0 Å². The molecule has 0 unspecified atom stereocenters. The van der Waals surface area contributed by atoms with Crippen LogP contribution in [0.5, 0.6) is 0 Å². The van der Waals surface area contributed by atoms with Crippen LogP contribution >= 0.6 is 0 Å². The molecule has 0 spiro atoms. The molecule has 7 heteroatoms. The van der Waals surface area contributed by atoms with Gasteiger partial charge in [-0.3, -0.25) is 4.79 Å². The second kappa shape index (κ2) is 6.49. The van der Waals surface area contributed by atoms with Crippen LogP contribution in [0.25, 0.3) is 0 Å². The standard InChI is InChI=1S/C11H22N2O4S/c1-9-3-5-10(6-4-9)12-18(16,17)13(2)8-7-11(14)15/h9-10,12H,3-8H2,1-2H3,(H,14,15). The van der Waals surface area contributed by atoms with Gasteiger partial charge in [0.05, 0.1) is 6.42 Å². The molecule has 2 N–H and O–H groups in total. The zero-order chi connectivity index (χ0) is 13.8. The van der Waals surface area contributed by atoms with Crippen LogP contribution in [0, 0.1) is 5.92 Å². The largest absolute Gasteiger partial charge is 0.481 e. The quantitative estimate of drug-likeness (QED) is 0.752. The zero-order valence-electron chi connectivity index (χ0n) is 10.9. The van der Waals surface area contributed by atoms with E-state index in [1.807, 2.05) is 0 Å². The van der Waals surface area contributed by atoms with E-state index in [9.17, 15) is 13.2 Å². The van der Waals surface area contributed by atoms with Gasteiger partial charge in [-0.05, 0) is 31.6 Å². The highest BCUT2D eigenvalue weighted by Gasteiger charge is 2.25. The van der Waals surface area contributed by atoms with Crippen molar-refractivity contribution in [2.24, 2.45) is 5.92 Å². The van der Waals surface area contributed by atoms with Gasteiger partial charge in [-0.2, -0.15) is 17.4 Å². The molecule has 0 radical (unpaired) electrons. The molecule has 0 atom stereocenters. The van der Waals surface area contributed by atoms with Crippen molar-refractivity contribution in [3.8, 4) is 0 Å². The summed E-state index contributed by atoms with van der Waals surface area (Å²) in [5, 5.41) is 8.54. The summed E-state index contributed by atoms with van der Waals surface area (Å²) in [5.74, 6) is -0.334. The first-order valence-electron chi connectivity index (χ1n) is 6.26. The second-order valence-electron chi connectivity index (χ2n) is 5.04. The molecule has 106 valence electrons. The van der Waals surface area contributed by atoms with Gasteiger partial charge in [0.25, 0.3) is 10.2 Å². The number of aliphatic carboxylic acids is 1. The van der Waals surface area contributed by atoms with Crippen LogP contribution in [-0.4, -0.2) is 43.4 Å². The van der Waals surface area contributed by atoms with E-state index < -0.39 is 16.2 Å². The smallest absolute Gasteiger partial charge is 0.304 e. The lowest BCUT2D eigenvalue weighted by molar-refractivity contribution is -0.137. The van der Waals surface area contributed by atoms with E-state index in [0.29, 0.717) is 5.92 Å². The lowest BCUT2D eigenvalue weighted by Crippen LogP contribution is -2.45. The summed E-state index contributed by atoms with van der Waals surface area (Å²) in [6.45, 7) is 2.16. The zero-order valence-corrected chi connectivity index (χ0v) is 11.7. The summed E-state index contributed by atoms with van der Waals surface area (Å²) < 4.78 is 27.5. The molecule has 0 aromatic rings. The van der Waals surface area contributed by atoms with Crippen LogP contribution in [0.3, 0.4) is 0 Å². The molecule has 1 aliphatic rings. The molecule has 6 nitrogen and oxygen atoms in total. The van der Waals surface area contributed by atoms with Gasteiger partial charge in [0.15, 0.2) is 0 Å². The average Bonchev–Trinajstić information content (AvgIpc) is 2.28. The van der Waals surface area contributed by atoms with Crippen molar-refractivity contribution < 1.29 is 18.3 Å². The molecule has 1 rings (SSSR count). The lowest BCUT2D eigenvalue weighted by atomic mass is 9.88. The third kappa shape index (κ3) is 4.91. The first-order valence-corrected chi connectivity index (χ1v) is 7.70. The summed E-state index contributed by atoms with van der Waals surface area (Å²) in [6, 6.07) is -0.0153. The number of carbonyl (C=O) groups is 1. The van der Waals surface area contributed by atoms with Crippen LogP contribution in [0.15, 0.2) is 0 Å². The Kier molecular flexibility index (Phi) is 5.55. The maximum atomic E-state index is 11.9. The molecule has 0 heterocycles. The van der Waals surface area contributed by atoms with Crippen molar-refractivity contribution in [2.45, 2.75) is 45.1 Å². The molecule has 0 saturated heterocycles. The number of carboxylic acids is 1. The van der Waals surface area contributed by atoms with E-state index >= 15 is 0 Å². The van der Waals surface area contributed by atoms with Gasteiger partial charge in [-0.1, -0.05) is 6.92 Å². The molecule has 1 saturated carbocycles. The Hall–Kier alpha value is -0.660. The summed E-state index contributed by atoms with van der Waals surface area (Å²) in [4.78, 5) is 10.4. The fourth-order valence-corrected chi connectivity index (χ4v) is 3.22. The number of hydrogen-bond donors (Lipinski definition) is 2. The van der Waals surface area contributed by atoms with Crippen molar-refractivity contribution in [3.63, 3.8) is 0 Å². The van der Waals surface area contributed by atoms with Gasteiger partial charge in [-0.25, -0.2) is 0 Å². The predicted octanol–water partition coefficient (Wildman–Crippen LogP) is 0.806. The minimum atomic E-state index is -3.55. The van der Waals surface area contributed by atoms with Crippen LogP contribution in [-0.2, 0) is 15.0 Å². The Balaban J connectivity index is 2.45. The Morgan fingerprint density at radius 2 is 1.89 bits per heavy atom. The predicted molar refractivity (Wildman–Crippen MR) is 68.4 cm³/mol. The summed E-state index contributed by atoms with van der Waals surface area (Å²) in [5.41, 5.74) is 0. The first-order chi connectivity index (χ1) is 8.31. The first kappa shape index (κ1) is 15.4. The van der Waals surface area contributed by atoms with Gasteiger partial charge in [-0.15, -0.1) is 0 Å². The van der Waals surface area contributed by atoms with Gasteiger partial charge in [0.2, 0.25) is 0 Å². The SMILES string of the molecule is CC1CCC(NS(=O)(=O)N(C)CCC(=O)O)CC1. The highest BCUT2D eigenvalue weighted by Crippen LogP contribution is 2.24. The van der Waals surface area contributed by atoms with E-state index in [4.69, 9.17) is 5.11 Å². The summed E-state index contributed by atoms with van der Waals surface area (Å²) in [7, 11) is -2.15. The van der Waals surface area contributed by atoms with Gasteiger partial charge in [0, 0.05) is 19.6 Å². The number of hydrogen-bond acceptors (Lipinski definition) is 3. The Morgan fingerprint density at radius 1 is 1.33 bits per heavy atom. The van der Waals surface area contributed by atoms with Crippen LogP contribution in [0.2, 0.25) is 0 Å². The van der Waals surface area contributed by atoms with Crippen molar-refractivity contribution in [1.82, 2.24) is 9.03 Å². The molecule has 0 bridgehead atoms. The highest BCUT2D eigenvalue weighted by molar-refractivity contribution is 7.87. The van der Waals surface area contributed by atoms with Crippen LogP contribution in [0.1, 0.15) is 39.0 Å². The third-order valence-corrected chi connectivity index (χ3v) is 5.02. The molecular weight excluding hydrogens is 256 g/mol. The fourth-order valence-electron chi connectivity index (χ4n) is 2.05. The molecule has 1 aliphatic carbocycles. The number of nitrogens with zero attached hydrogens (tertiary/aromatic N) is 1. The van der Waals surface area contributed by atoms with Crippen molar-refractivity contribution >= 4 is 16.2 Å². The van der Waals surface area contributed by atoms with E-state index in [1.54, 1.807) is 0 Å². The number of rotatable bonds is 6. The monoisotopic (exact) mass is 278 g/mol. The van der Waals surface area contributed by atoms with Crippen LogP contribution in [0.4, 0.5) is 0 Å². The van der Waals surface area contributed by atoms with E-state index in [1.165, 1.54) is 7.05 Å². The normalized spacial score (nSPS) is 25.3. The minimum absolute atomic E-state index is 0.00616. The minimum Gasteiger partial charge on any atom is -0.481 e. The topological polar surface area (TPSA) is 86.7 Å². The Labute approximate surface area is 109 Å². The summed E-state index contributed by atoms with van der Waals surface area (Å²) in [6.07, 6.45) is 3.59. The summed E-state index contributed by atoms with van der Waals surface area (Å²) >= 11 is 0. The number of carboxylic acid groups (broad SMARTS) is 1. The molecular formula is C11H22N2O4S. The van der Waals surface area contributed by atoms with Gasteiger partial charge >= 0.3 is 5.97 Å². The molecule has 0 aromatic heterocycles. The second-order valence-corrected chi connectivity index (χ2v) is 6.85. The van der Waals surface area contributed by atoms with Crippen molar-refractivity contribution in [3.05, 3.63) is 0 Å². The maximum Gasteiger partial charge on any atom is 0.304 e. The average molecular weight is 278 g/mol. The molecule has 0 amide bonds. The third-order valence-electron chi connectivity index (χ3n) is 3.38.